The normalized spacial score (nSPS) is 15.7. The number of likely N-dealkylation sites (N-methyl/N-ethyl adjacent to an activating group) is 1. The van der Waals surface area contributed by atoms with Gasteiger partial charge < -0.3 is 10.1 Å². The third-order valence-electron chi connectivity index (χ3n) is 2.57. The second-order valence-electron chi connectivity index (χ2n) is 3.80. The summed E-state index contributed by atoms with van der Waals surface area (Å²) in [6.45, 7) is 8.59. The van der Waals surface area contributed by atoms with Gasteiger partial charge in [-0.15, -0.1) is 0 Å². The number of ether oxygens (including phenoxy) is 1. The van der Waals surface area contributed by atoms with Crippen LogP contribution in [0.2, 0.25) is 0 Å². The standard InChI is InChI=1S/C11H25NO/c1-5-10(3)7-8-11(9-13-4)12-6-2/h10-12H,5-9H2,1-4H3. The molecule has 0 aromatic rings. The highest BCUT2D eigenvalue weighted by Crippen LogP contribution is 2.11. The molecule has 0 aromatic heterocycles. The molecular weight excluding hydrogens is 162 g/mol. The van der Waals surface area contributed by atoms with E-state index in [2.05, 4.69) is 26.1 Å². The van der Waals surface area contributed by atoms with Crippen molar-refractivity contribution in [2.45, 2.75) is 46.1 Å². The fourth-order valence-corrected chi connectivity index (χ4v) is 1.42. The molecule has 0 spiro atoms. The predicted octanol–water partition coefficient (Wildman–Crippen LogP) is 2.44. The van der Waals surface area contributed by atoms with E-state index >= 15 is 0 Å². The molecule has 0 aliphatic carbocycles. The Kier molecular flexibility index (Phi) is 8.46. The molecule has 0 fully saturated rings. The van der Waals surface area contributed by atoms with Gasteiger partial charge in [0.25, 0.3) is 0 Å². The number of rotatable bonds is 8. The largest absolute Gasteiger partial charge is 0.383 e. The second-order valence-corrected chi connectivity index (χ2v) is 3.80. The first-order valence-corrected chi connectivity index (χ1v) is 5.46. The van der Waals surface area contributed by atoms with Gasteiger partial charge >= 0.3 is 0 Å². The first kappa shape index (κ1) is 12.9. The summed E-state index contributed by atoms with van der Waals surface area (Å²) in [5.74, 6) is 0.845. The highest BCUT2D eigenvalue weighted by atomic mass is 16.5. The SMILES string of the molecule is CCNC(CCC(C)CC)COC. The Hall–Kier alpha value is -0.0800. The van der Waals surface area contributed by atoms with Gasteiger partial charge in [0.2, 0.25) is 0 Å². The lowest BCUT2D eigenvalue weighted by atomic mass is 10.00. The van der Waals surface area contributed by atoms with Gasteiger partial charge in [-0.05, 0) is 25.3 Å². The summed E-state index contributed by atoms with van der Waals surface area (Å²) in [6, 6.07) is 0.545. The molecule has 2 nitrogen and oxygen atoms in total. The summed E-state index contributed by atoms with van der Waals surface area (Å²) in [6.07, 6.45) is 3.82. The van der Waals surface area contributed by atoms with Crippen LogP contribution in [0.4, 0.5) is 0 Å². The Labute approximate surface area is 83.1 Å². The van der Waals surface area contributed by atoms with E-state index in [1.807, 2.05) is 0 Å². The molecule has 80 valence electrons. The molecule has 0 aromatic carbocycles. The molecule has 0 rings (SSSR count). The minimum atomic E-state index is 0.545. The minimum absolute atomic E-state index is 0.545. The molecule has 2 heteroatoms. The Morgan fingerprint density at radius 3 is 2.38 bits per heavy atom. The van der Waals surface area contributed by atoms with Gasteiger partial charge in [0, 0.05) is 13.2 Å². The fraction of sp³-hybridized carbons (Fsp3) is 1.00. The number of hydrogen-bond acceptors (Lipinski definition) is 2. The maximum absolute atomic E-state index is 5.16. The number of nitrogens with one attached hydrogen (secondary N) is 1. The van der Waals surface area contributed by atoms with Gasteiger partial charge in [0.1, 0.15) is 0 Å². The van der Waals surface area contributed by atoms with E-state index in [1.165, 1.54) is 19.3 Å². The summed E-state index contributed by atoms with van der Waals surface area (Å²) in [5, 5.41) is 3.44. The Bertz CT molecular complexity index is 100. The van der Waals surface area contributed by atoms with Gasteiger partial charge in [-0.2, -0.15) is 0 Å². The van der Waals surface area contributed by atoms with Crippen LogP contribution >= 0.6 is 0 Å². The molecule has 1 N–H and O–H groups in total. The van der Waals surface area contributed by atoms with E-state index in [1.54, 1.807) is 7.11 Å². The zero-order valence-corrected chi connectivity index (χ0v) is 9.60. The van der Waals surface area contributed by atoms with E-state index in [4.69, 9.17) is 4.74 Å². The topological polar surface area (TPSA) is 21.3 Å². The number of hydrogen-bond donors (Lipinski definition) is 1. The van der Waals surface area contributed by atoms with Crippen molar-refractivity contribution in [3.05, 3.63) is 0 Å². The van der Waals surface area contributed by atoms with Crippen LogP contribution in [0.15, 0.2) is 0 Å². The van der Waals surface area contributed by atoms with Gasteiger partial charge in [-0.25, -0.2) is 0 Å². The van der Waals surface area contributed by atoms with Crippen LogP contribution in [0.25, 0.3) is 0 Å². The van der Waals surface area contributed by atoms with Gasteiger partial charge in [-0.1, -0.05) is 27.2 Å². The Morgan fingerprint density at radius 1 is 1.23 bits per heavy atom. The molecule has 0 bridgehead atoms. The lowest BCUT2D eigenvalue weighted by molar-refractivity contribution is 0.160. The molecular formula is C11H25NO. The van der Waals surface area contributed by atoms with E-state index in [-0.39, 0.29) is 0 Å². The quantitative estimate of drug-likeness (QED) is 0.630. The average molecular weight is 187 g/mol. The zero-order chi connectivity index (χ0) is 10.1. The first-order valence-electron chi connectivity index (χ1n) is 5.46. The van der Waals surface area contributed by atoms with Gasteiger partial charge in [0.15, 0.2) is 0 Å². The fourth-order valence-electron chi connectivity index (χ4n) is 1.42. The summed E-state index contributed by atoms with van der Waals surface area (Å²) < 4.78 is 5.16. The van der Waals surface area contributed by atoms with E-state index in [0.29, 0.717) is 6.04 Å². The minimum Gasteiger partial charge on any atom is -0.383 e. The summed E-state index contributed by atoms with van der Waals surface area (Å²) in [7, 11) is 1.77. The predicted molar refractivity (Wildman–Crippen MR) is 58.0 cm³/mol. The van der Waals surface area contributed by atoms with E-state index < -0.39 is 0 Å². The van der Waals surface area contributed by atoms with Crippen molar-refractivity contribution < 1.29 is 4.74 Å². The van der Waals surface area contributed by atoms with Crippen LogP contribution in [0.5, 0.6) is 0 Å². The Balaban J connectivity index is 3.55. The highest BCUT2D eigenvalue weighted by molar-refractivity contribution is 4.66. The second kappa shape index (κ2) is 8.52. The molecule has 0 radical (unpaired) electrons. The molecule has 0 saturated heterocycles. The average Bonchev–Trinajstić information content (AvgIpc) is 2.14. The van der Waals surface area contributed by atoms with Crippen LogP contribution in [0.3, 0.4) is 0 Å². The third kappa shape index (κ3) is 7.03. The smallest absolute Gasteiger partial charge is 0.0615 e. The highest BCUT2D eigenvalue weighted by Gasteiger charge is 2.08. The van der Waals surface area contributed by atoms with Crippen molar-refractivity contribution in [3.8, 4) is 0 Å². The molecule has 2 unspecified atom stereocenters. The molecule has 0 amide bonds. The van der Waals surface area contributed by atoms with Crippen molar-refractivity contribution in [1.82, 2.24) is 5.32 Å². The van der Waals surface area contributed by atoms with Gasteiger partial charge in [0.05, 0.1) is 6.61 Å². The third-order valence-corrected chi connectivity index (χ3v) is 2.57. The van der Waals surface area contributed by atoms with Crippen LogP contribution in [0, 0.1) is 5.92 Å². The van der Waals surface area contributed by atoms with Crippen molar-refractivity contribution >= 4 is 0 Å². The molecule has 0 heterocycles. The van der Waals surface area contributed by atoms with Gasteiger partial charge in [-0.3, -0.25) is 0 Å². The zero-order valence-electron chi connectivity index (χ0n) is 9.60. The maximum atomic E-state index is 5.16. The summed E-state index contributed by atoms with van der Waals surface area (Å²) in [5.41, 5.74) is 0. The van der Waals surface area contributed by atoms with Crippen molar-refractivity contribution in [3.63, 3.8) is 0 Å². The molecule has 0 aliphatic rings. The Morgan fingerprint density at radius 2 is 1.92 bits per heavy atom. The lowest BCUT2D eigenvalue weighted by Gasteiger charge is -2.18. The molecule has 0 saturated carbocycles. The van der Waals surface area contributed by atoms with E-state index in [9.17, 15) is 0 Å². The summed E-state index contributed by atoms with van der Waals surface area (Å²) >= 11 is 0. The van der Waals surface area contributed by atoms with Crippen molar-refractivity contribution in [2.75, 3.05) is 20.3 Å². The van der Waals surface area contributed by atoms with Crippen molar-refractivity contribution in [2.24, 2.45) is 5.92 Å². The summed E-state index contributed by atoms with van der Waals surface area (Å²) in [4.78, 5) is 0. The molecule has 2 atom stereocenters. The van der Waals surface area contributed by atoms with E-state index in [0.717, 1.165) is 19.1 Å². The lowest BCUT2D eigenvalue weighted by Crippen LogP contribution is -2.33. The molecule has 0 aliphatic heterocycles. The van der Waals surface area contributed by atoms with Crippen LogP contribution < -0.4 is 5.32 Å². The number of methoxy groups -OCH3 is 1. The monoisotopic (exact) mass is 187 g/mol. The van der Waals surface area contributed by atoms with Crippen LogP contribution in [-0.2, 0) is 4.74 Å². The maximum Gasteiger partial charge on any atom is 0.0615 e. The van der Waals surface area contributed by atoms with Crippen molar-refractivity contribution in [1.29, 1.82) is 0 Å². The molecule has 13 heavy (non-hydrogen) atoms. The first-order chi connectivity index (χ1) is 6.24. The van der Waals surface area contributed by atoms with Crippen LogP contribution in [-0.4, -0.2) is 26.3 Å². The van der Waals surface area contributed by atoms with Crippen LogP contribution in [0.1, 0.15) is 40.0 Å².